The number of furan rings is 1. The molecule has 5 nitrogen and oxygen atoms in total. The Bertz CT molecular complexity index is 347. The molecule has 1 aromatic heterocycles. The van der Waals surface area contributed by atoms with Crippen molar-refractivity contribution in [1.82, 2.24) is 0 Å². The molecule has 0 aliphatic rings. The highest BCUT2D eigenvalue weighted by Gasteiger charge is 2.30. The lowest BCUT2D eigenvalue weighted by atomic mass is 9.95. The van der Waals surface area contributed by atoms with E-state index in [0.717, 1.165) is 6.42 Å². The first-order chi connectivity index (χ1) is 7.03. The summed E-state index contributed by atoms with van der Waals surface area (Å²) in [6, 6.07) is 2.76. The molecule has 0 spiro atoms. The topological polar surface area (TPSA) is 96.7 Å². The van der Waals surface area contributed by atoms with Crippen LogP contribution in [0.2, 0.25) is 0 Å². The van der Waals surface area contributed by atoms with E-state index in [4.69, 9.17) is 15.3 Å². The van der Waals surface area contributed by atoms with Gasteiger partial charge in [-0.3, -0.25) is 0 Å². The summed E-state index contributed by atoms with van der Waals surface area (Å²) < 4.78 is 5.02. The lowest BCUT2D eigenvalue weighted by molar-refractivity contribution is 0.0127. The molecule has 0 aliphatic heterocycles. The fourth-order valence-corrected chi connectivity index (χ4v) is 1.44. The minimum Gasteiger partial charge on any atom is -0.475 e. The Labute approximate surface area is 87.5 Å². The SMILES string of the molecule is CCCC(O)(CN)c1ccc(C(=O)O)o1. The van der Waals surface area contributed by atoms with Gasteiger partial charge >= 0.3 is 5.97 Å². The van der Waals surface area contributed by atoms with E-state index in [1.54, 1.807) is 0 Å². The monoisotopic (exact) mass is 213 g/mol. The molecular weight excluding hydrogens is 198 g/mol. The number of aliphatic hydroxyl groups is 1. The zero-order valence-electron chi connectivity index (χ0n) is 8.56. The molecule has 0 aromatic carbocycles. The second-order valence-corrected chi connectivity index (χ2v) is 3.45. The number of hydrogen-bond donors (Lipinski definition) is 3. The van der Waals surface area contributed by atoms with Crippen molar-refractivity contribution in [2.24, 2.45) is 5.73 Å². The average Bonchev–Trinajstić information content (AvgIpc) is 2.67. The molecule has 84 valence electrons. The number of carboxylic acids is 1. The predicted octanol–water partition coefficient (Wildman–Crippen LogP) is 0.924. The maximum absolute atomic E-state index is 10.6. The number of aromatic carboxylic acids is 1. The molecular formula is C10H15NO4. The third kappa shape index (κ3) is 2.37. The molecule has 15 heavy (non-hydrogen) atoms. The molecule has 0 fully saturated rings. The van der Waals surface area contributed by atoms with Crippen molar-refractivity contribution in [3.05, 3.63) is 23.7 Å². The van der Waals surface area contributed by atoms with Gasteiger partial charge in [0.15, 0.2) is 0 Å². The summed E-state index contributed by atoms with van der Waals surface area (Å²) in [5.41, 5.74) is 4.19. The number of nitrogens with two attached hydrogens (primary N) is 1. The van der Waals surface area contributed by atoms with E-state index in [1.807, 2.05) is 6.92 Å². The van der Waals surface area contributed by atoms with Gasteiger partial charge in [-0.15, -0.1) is 0 Å². The van der Waals surface area contributed by atoms with Crippen LogP contribution in [0.5, 0.6) is 0 Å². The van der Waals surface area contributed by atoms with Gasteiger partial charge in [-0.05, 0) is 18.6 Å². The molecule has 0 radical (unpaired) electrons. The highest BCUT2D eigenvalue weighted by molar-refractivity contribution is 5.84. The van der Waals surface area contributed by atoms with Gasteiger partial charge < -0.3 is 20.4 Å². The van der Waals surface area contributed by atoms with Crippen LogP contribution in [0.3, 0.4) is 0 Å². The zero-order valence-corrected chi connectivity index (χ0v) is 8.56. The molecule has 0 saturated carbocycles. The van der Waals surface area contributed by atoms with Crippen LogP contribution in [0.15, 0.2) is 16.5 Å². The minimum atomic E-state index is -1.26. The average molecular weight is 213 g/mol. The highest BCUT2D eigenvalue weighted by atomic mass is 16.4. The summed E-state index contributed by atoms with van der Waals surface area (Å²) in [5, 5.41) is 18.7. The predicted molar refractivity (Wildman–Crippen MR) is 53.5 cm³/mol. The van der Waals surface area contributed by atoms with Crippen LogP contribution in [0.25, 0.3) is 0 Å². The number of carbonyl (C=O) groups is 1. The van der Waals surface area contributed by atoms with Crippen molar-refractivity contribution in [3.63, 3.8) is 0 Å². The summed E-state index contributed by atoms with van der Waals surface area (Å²) in [7, 11) is 0. The van der Waals surface area contributed by atoms with Gasteiger partial charge in [0.1, 0.15) is 11.4 Å². The van der Waals surface area contributed by atoms with Gasteiger partial charge in [-0.1, -0.05) is 13.3 Å². The van der Waals surface area contributed by atoms with Crippen LogP contribution in [-0.2, 0) is 5.60 Å². The van der Waals surface area contributed by atoms with E-state index < -0.39 is 11.6 Å². The van der Waals surface area contributed by atoms with Crippen LogP contribution in [0.1, 0.15) is 36.1 Å². The third-order valence-corrected chi connectivity index (χ3v) is 2.28. The number of rotatable bonds is 5. The van der Waals surface area contributed by atoms with E-state index in [0.29, 0.717) is 6.42 Å². The normalized spacial score (nSPS) is 14.9. The maximum atomic E-state index is 10.6. The van der Waals surface area contributed by atoms with Crippen LogP contribution < -0.4 is 5.73 Å². The van der Waals surface area contributed by atoms with E-state index in [-0.39, 0.29) is 18.1 Å². The van der Waals surface area contributed by atoms with Gasteiger partial charge in [0.25, 0.3) is 0 Å². The van der Waals surface area contributed by atoms with Gasteiger partial charge in [-0.25, -0.2) is 4.79 Å². The minimum absolute atomic E-state index is 0.00735. The molecule has 1 rings (SSSR count). The molecule has 0 saturated heterocycles. The fourth-order valence-electron chi connectivity index (χ4n) is 1.44. The summed E-state index contributed by atoms with van der Waals surface area (Å²) >= 11 is 0. The molecule has 1 atom stereocenters. The van der Waals surface area contributed by atoms with E-state index >= 15 is 0 Å². The van der Waals surface area contributed by atoms with E-state index in [2.05, 4.69) is 0 Å². The number of carboxylic acid groups (broad SMARTS) is 1. The molecule has 5 heteroatoms. The Kier molecular flexibility index (Phi) is 3.49. The Balaban J connectivity index is 2.97. The van der Waals surface area contributed by atoms with Crippen molar-refractivity contribution >= 4 is 5.97 Å². The first kappa shape index (κ1) is 11.7. The quantitative estimate of drug-likeness (QED) is 0.675. The van der Waals surface area contributed by atoms with Crippen LogP contribution >= 0.6 is 0 Å². The van der Waals surface area contributed by atoms with Crippen molar-refractivity contribution in [2.75, 3.05) is 6.54 Å². The van der Waals surface area contributed by atoms with Crippen molar-refractivity contribution in [1.29, 1.82) is 0 Å². The molecule has 1 unspecified atom stereocenters. The summed E-state index contributed by atoms with van der Waals surface area (Å²) in [5.74, 6) is -1.13. The van der Waals surface area contributed by atoms with Gasteiger partial charge in [-0.2, -0.15) is 0 Å². The molecule has 0 bridgehead atoms. The van der Waals surface area contributed by atoms with Crippen molar-refractivity contribution < 1.29 is 19.4 Å². The Morgan fingerprint density at radius 2 is 2.27 bits per heavy atom. The fraction of sp³-hybridized carbons (Fsp3) is 0.500. The number of hydrogen-bond acceptors (Lipinski definition) is 4. The lowest BCUT2D eigenvalue weighted by Gasteiger charge is -2.23. The second-order valence-electron chi connectivity index (χ2n) is 3.45. The van der Waals surface area contributed by atoms with Crippen LogP contribution in [0, 0.1) is 0 Å². The Morgan fingerprint density at radius 3 is 2.67 bits per heavy atom. The third-order valence-electron chi connectivity index (χ3n) is 2.28. The van der Waals surface area contributed by atoms with Gasteiger partial charge in [0.2, 0.25) is 5.76 Å². The standard InChI is InChI=1S/C10H15NO4/c1-2-5-10(14,6-11)8-4-3-7(15-8)9(12)13/h3-4,14H,2,5-6,11H2,1H3,(H,12,13). The van der Waals surface area contributed by atoms with Gasteiger partial charge in [0.05, 0.1) is 0 Å². The first-order valence-corrected chi connectivity index (χ1v) is 4.79. The summed E-state index contributed by atoms with van der Waals surface area (Å²) in [4.78, 5) is 10.6. The van der Waals surface area contributed by atoms with E-state index in [1.165, 1.54) is 12.1 Å². The molecule has 1 aromatic rings. The van der Waals surface area contributed by atoms with Gasteiger partial charge in [0, 0.05) is 6.54 Å². The molecule has 4 N–H and O–H groups in total. The Morgan fingerprint density at radius 1 is 1.60 bits per heavy atom. The lowest BCUT2D eigenvalue weighted by Crippen LogP contribution is -2.34. The molecule has 0 aliphatic carbocycles. The largest absolute Gasteiger partial charge is 0.475 e. The first-order valence-electron chi connectivity index (χ1n) is 4.79. The van der Waals surface area contributed by atoms with Crippen LogP contribution in [-0.4, -0.2) is 22.7 Å². The smallest absolute Gasteiger partial charge is 0.371 e. The van der Waals surface area contributed by atoms with Crippen LogP contribution in [0.4, 0.5) is 0 Å². The zero-order chi connectivity index (χ0) is 11.5. The maximum Gasteiger partial charge on any atom is 0.371 e. The Hall–Kier alpha value is -1.33. The van der Waals surface area contributed by atoms with E-state index in [9.17, 15) is 9.90 Å². The molecule has 0 amide bonds. The summed E-state index contributed by atoms with van der Waals surface area (Å²) in [6.07, 6.45) is 1.17. The van der Waals surface area contributed by atoms with Crippen molar-refractivity contribution in [2.45, 2.75) is 25.4 Å². The van der Waals surface area contributed by atoms with Crippen molar-refractivity contribution in [3.8, 4) is 0 Å². The highest BCUT2D eigenvalue weighted by Crippen LogP contribution is 2.27. The molecule has 1 heterocycles. The second kappa shape index (κ2) is 4.46. The summed E-state index contributed by atoms with van der Waals surface area (Å²) in [6.45, 7) is 1.91.